The van der Waals surface area contributed by atoms with E-state index in [2.05, 4.69) is 63.5 Å². The predicted octanol–water partition coefficient (Wildman–Crippen LogP) is 4.33. The van der Waals surface area contributed by atoms with Crippen molar-refractivity contribution >= 4 is 22.2 Å². The van der Waals surface area contributed by atoms with Gasteiger partial charge in [0.25, 0.3) is 0 Å². The molecule has 0 radical (unpaired) electrons. The van der Waals surface area contributed by atoms with Crippen LogP contribution in [0, 0.1) is 6.92 Å². The summed E-state index contributed by atoms with van der Waals surface area (Å²) < 4.78 is 1.94. The topological polar surface area (TPSA) is 58.4 Å². The molecule has 6 heteroatoms. The lowest BCUT2D eigenvalue weighted by molar-refractivity contribution is 0.589. The third kappa shape index (κ3) is 3.20. The van der Waals surface area contributed by atoms with Crippen molar-refractivity contribution < 1.29 is 0 Å². The molecule has 158 valence electrons. The number of nitrogens with one attached hydrogen (secondary N) is 1. The lowest BCUT2D eigenvalue weighted by Gasteiger charge is -2.29. The van der Waals surface area contributed by atoms with Crippen LogP contribution in [-0.4, -0.2) is 45.8 Å². The number of hydrogen-bond acceptors (Lipinski definition) is 5. The summed E-state index contributed by atoms with van der Waals surface area (Å²) in [6.07, 6.45) is 3.75. The van der Waals surface area contributed by atoms with E-state index in [9.17, 15) is 0 Å². The largest absolute Gasteiger partial charge is 0.369 e. The summed E-state index contributed by atoms with van der Waals surface area (Å²) >= 11 is 0. The minimum atomic E-state index is 0.840. The Balaban J connectivity index is 1.40. The minimum Gasteiger partial charge on any atom is -0.369 e. The van der Waals surface area contributed by atoms with Crippen LogP contribution in [0.15, 0.2) is 73.1 Å². The molecule has 0 unspecified atom stereocenters. The quantitative estimate of drug-likeness (QED) is 0.471. The van der Waals surface area contributed by atoms with Crippen molar-refractivity contribution in [3.63, 3.8) is 0 Å². The molecule has 0 bridgehead atoms. The maximum atomic E-state index is 4.92. The van der Waals surface area contributed by atoms with Gasteiger partial charge >= 0.3 is 0 Å². The minimum absolute atomic E-state index is 0.840. The van der Waals surface area contributed by atoms with Gasteiger partial charge in [0.15, 0.2) is 5.65 Å². The van der Waals surface area contributed by atoms with Crippen molar-refractivity contribution in [1.82, 2.24) is 24.9 Å². The summed E-state index contributed by atoms with van der Waals surface area (Å²) in [7, 11) is 0. The summed E-state index contributed by atoms with van der Waals surface area (Å²) in [5.74, 6) is 0. The zero-order chi connectivity index (χ0) is 21.5. The number of rotatable bonds is 3. The van der Waals surface area contributed by atoms with Crippen LogP contribution < -0.4 is 10.2 Å². The first-order chi connectivity index (χ1) is 15.8. The Morgan fingerprint density at radius 2 is 1.69 bits per heavy atom. The molecule has 1 saturated heterocycles. The van der Waals surface area contributed by atoms with Crippen molar-refractivity contribution in [2.45, 2.75) is 6.92 Å². The van der Waals surface area contributed by atoms with Crippen molar-refractivity contribution in [3.05, 3.63) is 78.8 Å². The van der Waals surface area contributed by atoms with Gasteiger partial charge in [-0.3, -0.25) is 4.98 Å². The number of para-hydroxylation sites is 1. The van der Waals surface area contributed by atoms with Gasteiger partial charge in [-0.1, -0.05) is 30.3 Å². The average molecular weight is 421 g/mol. The lowest BCUT2D eigenvalue weighted by atomic mass is 10.0. The van der Waals surface area contributed by atoms with Crippen LogP contribution in [0.5, 0.6) is 0 Å². The highest BCUT2D eigenvalue weighted by molar-refractivity contribution is 5.93. The van der Waals surface area contributed by atoms with E-state index >= 15 is 0 Å². The Bertz CT molecular complexity index is 1410. The van der Waals surface area contributed by atoms with Gasteiger partial charge in [-0.15, -0.1) is 0 Å². The maximum absolute atomic E-state index is 4.92. The maximum Gasteiger partial charge on any atom is 0.154 e. The Labute approximate surface area is 186 Å². The molecule has 0 aliphatic carbocycles. The lowest BCUT2D eigenvalue weighted by Crippen LogP contribution is -2.43. The summed E-state index contributed by atoms with van der Waals surface area (Å²) in [4.78, 5) is 11.6. The smallest absolute Gasteiger partial charge is 0.154 e. The third-order valence-electron chi connectivity index (χ3n) is 6.26. The average Bonchev–Trinajstić information content (AvgIpc) is 3.26. The molecule has 6 nitrogen and oxygen atoms in total. The highest BCUT2D eigenvalue weighted by atomic mass is 15.3. The van der Waals surface area contributed by atoms with Crippen LogP contribution in [-0.2, 0) is 0 Å². The number of aryl methyl sites for hydroxylation is 1. The zero-order valence-electron chi connectivity index (χ0n) is 18.0. The monoisotopic (exact) mass is 420 g/mol. The molecule has 32 heavy (non-hydrogen) atoms. The Morgan fingerprint density at radius 3 is 2.53 bits per heavy atom. The molecule has 5 aromatic rings. The summed E-state index contributed by atoms with van der Waals surface area (Å²) in [6.45, 7) is 6.24. The molecule has 1 aliphatic heterocycles. The van der Waals surface area contributed by atoms with Crippen LogP contribution in [0.4, 0.5) is 5.69 Å². The number of anilines is 1. The number of pyridine rings is 1. The van der Waals surface area contributed by atoms with Gasteiger partial charge in [0, 0.05) is 54.6 Å². The Hall–Kier alpha value is -3.77. The van der Waals surface area contributed by atoms with E-state index in [1.54, 1.807) is 0 Å². The first-order valence-electron chi connectivity index (χ1n) is 11.0. The number of piperazine rings is 1. The summed E-state index contributed by atoms with van der Waals surface area (Å²) in [5.41, 5.74) is 8.40. The van der Waals surface area contributed by atoms with Crippen LogP contribution >= 0.6 is 0 Å². The van der Waals surface area contributed by atoms with Crippen LogP contribution in [0.1, 0.15) is 5.69 Å². The second-order valence-electron chi connectivity index (χ2n) is 8.22. The standard InChI is InChI=1S/C26H24N6/c1-18-23(19-6-8-20(9-7-19)31-14-12-27-13-15-31)16-26-29-17-25(32(26)30-18)22-10-11-28-24-5-3-2-4-21(22)24/h2-11,16-17,27H,12-15H2,1H3. The molecule has 0 atom stereocenters. The SMILES string of the molecule is Cc1nn2c(-c3ccnc4ccccc34)cnc2cc1-c1ccc(N2CCNCC2)cc1. The van der Waals surface area contributed by atoms with Gasteiger partial charge in [0.2, 0.25) is 0 Å². The Morgan fingerprint density at radius 1 is 0.875 bits per heavy atom. The molecular weight excluding hydrogens is 396 g/mol. The number of nitrogens with zero attached hydrogens (tertiary/aromatic N) is 5. The molecule has 0 saturated carbocycles. The molecule has 2 aromatic carbocycles. The number of benzene rings is 2. The van der Waals surface area contributed by atoms with E-state index in [-0.39, 0.29) is 0 Å². The van der Waals surface area contributed by atoms with E-state index in [4.69, 9.17) is 5.10 Å². The summed E-state index contributed by atoms with van der Waals surface area (Å²) in [6, 6.07) is 21.2. The number of hydrogen-bond donors (Lipinski definition) is 1. The van der Waals surface area contributed by atoms with Gasteiger partial charge in [0.05, 0.1) is 23.1 Å². The number of aromatic nitrogens is 4. The highest BCUT2D eigenvalue weighted by Crippen LogP contribution is 2.30. The molecule has 0 amide bonds. The van der Waals surface area contributed by atoms with Crippen molar-refractivity contribution in [3.8, 4) is 22.4 Å². The van der Waals surface area contributed by atoms with Crippen molar-refractivity contribution in [2.24, 2.45) is 0 Å². The molecule has 4 heterocycles. The van der Waals surface area contributed by atoms with Gasteiger partial charge < -0.3 is 10.2 Å². The second kappa shape index (κ2) is 7.73. The van der Waals surface area contributed by atoms with E-state index < -0.39 is 0 Å². The molecule has 6 rings (SSSR count). The predicted molar refractivity (Wildman–Crippen MR) is 129 cm³/mol. The molecule has 0 spiro atoms. The molecule has 1 aliphatic rings. The van der Waals surface area contributed by atoms with E-state index in [0.29, 0.717) is 0 Å². The third-order valence-corrected chi connectivity index (χ3v) is 6.26. The van der Waals surface area contributed by atoms with Gasteiger partial charge in [-0.05, 0) is 42.8 Å². The van der Waals surface area contributed by atoms with Gasteiger partial charge in [-0.25, -0.2) is 9.50 Å². The summed E-state index contributed by atoms with van der Waals surface area (Å²) in [5, 5.41) is 9.43. The van der Waals surface area contributed by atoms with Crippen LogP contribution in [0.3, 0.4) is 0 Å². The van der Waals surface area contributed by atoms with Gasteiger partial charge in [0.1, 0.15) is 0 Å². The normalized spacial score (nSPS) is 14.3. The number of imidazole rings is 1. The Kier molecular flexibility index (Phi) is 4.58. The first kappa shape index (κ1) is 19.0. The van der Waals surface area contributed by atoms with E-state index in [1.807, 2.05) is 41.2 Å². The second-order valence-corrected chi connectivity index (χ2v) is 8.22. The number of fused-ring (bicyclic) bond motifs is 2. The zero-order valence-corrected chi connectivity index (χ0v) is 18.0. The van der Waals surface area contributed by atoms with Crippen LogP contribution in [0.25, 0.3) is 38.9 Å². The fraction of sp³-hybridized carbons (Fsp3) is 0.192. The highest BCUT2D eigenvalue weighted by Gasteiger charge is 2.15. The molecule has 1 N–H and O–H groups in total. The van der Waals surface area contributed by atoms with Crippen LogP contribution in [0.2, 0.25) is 0 Å². The van der Waals surface area contributed by atoms with E-state index in [0.717, 1.165) is 70.8 Å². The van der Waals surface area contributed by atoms with Gasteiger partial charge in [-0.2, -0.15) is 5.10 Å². The van der Waals surface area contributed by atoms with Crippen molar-refractivity contribution in [2.75, 3.05) is 31.1 Å². The molecular formula is C26H24N6. The van der Waals surface area contributed by atoms with E-state index in [1.165, 1.54) is 5.69 Å². The fourth-order valence-corrected chi connectivity index (χ4v) is 4.57. The first-order valence-corrected chi connectivity index (χ1v) is 11.0. The molecule has 3 aromatic heterocycles. The van der Waals surface area contributed by atoms with Crippen molar-refractivity contribution in [1.29, 1.82) is 0 Å². The molecule has 1 fully saturated rings. The fourth-order valence-electron chi connectivity index (χ4n) is 4.57.